The molecular weight excluding hydrogens is 226 g/mol. The van der Waals surface area contributed by atoms with E-state index in [2.05, 4.69) is 35.5 Å². The number of thioether (sulfide) groups is 1. The normalized spacial score (nSPS) is 10.3. The van der Waals surface area contributed by atoms with Crippen LogP contribution in [0, 0.1) is 6.92 Å². The number of H-pyrrole nitrogens is 1. The first-order valence-corrected chi connectivity index (χ1v) is 5.71. The number of anilines is 1. The van der Waals surface area contributed by atoms with Gasteiger partial charge in [0.1, 0.15) is 18.5 Å². The van der Waals surface area contributed by atoms with Crippen LogP contribution in [-0.4, -0.2) is 42.4 Å². The van der Waals surface area contributed by atoms with Crippen molar-refractivity contribution in [3.05, 3.63) is 18.5 Å². The lowest BCUT2D eigenvalue weighted by molar-refractivity contribution is 0.967. The van der Waals surface area contributed by atoms with Crippen LogP contribution in [0.2, 0.25) is 0 Å². The van der Waals surface area contributed by atoms with Crippen LogP contribution in [0.5, 0.6) is 0 Å². The van der Waals surface area contributed by atoms with E-state index < -0.39 is 0 Å². The summed E-state index contributed by atoms with van der Waals surface area (Å²) in [5.74, 6) is 2.26. The maximum Gasteiger partial charge on any atom is 0.225 e. The number of nitrogens with zero attached hydrogens (tertiary/aromatic N) is 5. The van der Waals surface area contributed by atoms with Gasteiger partial charge in [-0.1, -0.05) is 11.8 Å². The molecule has 2 heterocycles. The molecule has 0 saturated carbocycles. The molecule has 7 nitrogen and oxygen atoms in total. The van der Waals surface area contributed by atoms with Gasteiger partial charge in [0, 0.05) is 12.3 Å². The summed E-state index contributed by atoms with van der Waals surface area (Å²) in [4.78, 5) is 15.8. The van der Waals surface area contributed by atoms with Crippen LogP contribution in [0.1, 0.15) is 5.82 Å². The third-order valence-electron chi connectivity index (χ3n) is 1.69. The van der Waals surface area contributed by atoms with Crippen molar-refractivity contribution in [2.24, 2.45) is 0 Å². The molecule has 0 aliphatic rings. The van der Waals surface area contributed by atoms with E-state index in [1.165, 1.54) is 12.7 Å². The quantitative estimate of drug-likeness (QED) is 0.578. The highest BCUT2D eigenvalue weighted by atomic mass is 32.2. The van der Waals surface area contributed by atoms with Crippen molar-refractivity contribution < 1.29 is 0 Å². The fourth-order valence-electron chi connectivity index (χ4n) is 1.02. The van der Waals surface area contributed by atoms with E-state index in [-0.39, 0.29) is 0 Å². The lowest BCUT2D eigenvalue weighted by atomic mass is 10.7. The molecule has 2 N–H and O–H groups in total. The fraction of sp³-hybridized carbons (Fsp3) is 0.375. The molecule has 2 aromatic heterocycles. The summed E-state index contributed by atoms with van der Waals surface area (Å²) in [6.45, 7) is 2.63. The van der Waals surface area contributed by atoms with Crippen molar-refractivity contribution in [3.8, 4) is 0 Å². The Morgan fingerprint density at radius 3 is 2.88 bits per heavy atom. The van der Waals surface area contributed by atoms with Crippen molar-refractivity contribution >= 4 is 17.7 Å². The SMILES string of the molecule is Cc1nc(SCCNc2ncncn2)n[nH]1. The molecule has 8 heteroatoms. The van der Waals surface area contributed by atoms with Crippen molar-refractivity contribution in [2.75, 3.05) is 17.6 Å². The summed E-state index contributed by atoms with van der Waals surface area (Å²) in [6.07, 6.45) is 2.92. The second kappa shape index (κ2) is 5.40. The second-order valence-corrected chi connectivity index (χ2v) is 4.00. The summed E-state index contributed by atoms with van der Waals surface area (Å²) in [5.41, 5.74) is 0. The first-order chi connectivity index (χ1) is 7.84. The molecule has 16 heavy (non-hydrogen) atoms. The third-order valence-corrected chi connectivity index (χ3v) is 2.54. The van der Waals surface area contributed by atoms with Gasteiger partial charge in [0.25, 0.3) is 0 Å². The molecule has 0 aromatic carbocycles. The Kier molecular flexibility index (Phi) is 3.65. The minimum Gasteiger partial charge on any atom is -0.353 e. The number of aromatic nitrogens is 6. The molecule has 0 fully saturated rings. The van der Waals surface area contributed by atoms with E-state index in [1.54, 1.807) is 11.8 Å². The largest absolute Gasteiger partial charge is 0.353 e. The number of aromatic amines is 1. The van der Waals surface area contributed by atoms with Crippen molar-refractivity contribution in [2.45, 2.75) is 12.1 Å². The predicted molar refractivity (Wildman–Crippen MR) is 60.2 cm³/mol. The number of rotatable bonds is 5. The smallest absolute Gasteiger partial charge is 0.225 e. The first-order valence-electron chi connectivity index (χ1n) is 4.72. The van der Waals surface area contributed by atoms with Crippen LogP contribution in [0.25, 0.3) is 0 Å². The summed E-state index contributed by atoms with van der Waals surface area (Å²) >= 11 is 1.57. The average molecular weight is 237 g/mol. The Morgan fingerprint density at radius 1 is 1.38 bits per heavy atom. The highest BCUT2D eigenvalue weighted by Gasteiger charge is 2.00. The summed E-state index contributed by atoms with van der Waals surface area (Å²) in [7, 11) is 0. The van der Waals surface area contributed by atoms with Crippen molar-refractivity contribution in [3.63, 3.8) is 0 Å². The zero-order valence-electron chi connectivity index (χ0n) is 8.71. The van der Waals surface area contributed by atoms with Gasteiger partial charge in [0.05, 0.1) is 0 Å². The highest BCUT2D eigenvalue weighted by molar-refractivity contribution is 7.99. The summed E-state index contributed by atoms with van der Waals surface area (Å²) in [6, 6.07) is 0. The van der Waals surface area contributed by atoms with Gasteiger partial charge in [0.2, 0.25) is 11.1 Å². The Morgan fingerprint density at radius 2 is 2.19 bits per heavy atom. The summed E-state index contributed by atoms with van der Waals surface area (Å²) < 4.78 is 0. The van der Waals surface area contributed by atoms with E-state index in [0.29, 0.717) is 5.95 Å². The molecule has 0 saturated heterocycles. The number of aryl methyl sites for hydroxylation is 1. The number of nitrogens with one attached hydrogen (secondary N) is 2. The fourth-order valence-corrected chi connectivity index (χ4v) is 1.72. The number of hydrogen-bond acceptors (Lipinski definition) is 7. The lowest BCUT2D eigenvalue weighted by Crippen LogP contribution is -2.07. The first kappa shape index (κ1) is 10.8. The van der Waals surface area contributed by atoms with E-state index in [0.717, 1.165) is 23.3 Å². The minimum atomic E-state index is 0.585. The van der Waals surface area contributed by atoms with Crippen LogP contribution >= 0.6 is 11.8 Å². The monoisotopic (exact) mass is 237 g/mol. The second-order valence-electron chi connectivity index (χ2n) is 2.94. The van der Waals surface area contributed by atoms with Crippen LogP contribution in [-0.2, 0) is 0 Å². The zero-order chi connectivity index (χ0) is 11.2. The molecule has 2 rings (SSSR count). The molecule has 2 aromatic rings. The van der Waals surface area contributed by atoms with Gasteiger partial charge in [0.15, 0.2) is 0 Å². The molecule has 84 valence electrons. The Labute approximate surface area is 96.5 Å². The lowest BCUT2D eigenvalue weighted by Gasteiger charge is -2.01. The van der Waals surface area contributed by atoms with Gasteiger partial charge < -0.3 is 5.32 Å². The van der Waals surface area contributed by atoms with Crippen molar-refractivity contribution in [1.29, 1.82) is 0 Å². The van der Waals surface area contributed by atoms with Gasteiger partial charge in [-0.3, -0.25) is 5.10 Å². The maximum absolute atomic E-state index is 4.18. The van der Waals surface area contributed by atoms with E-state index in [1.807, 2.05) is 6.92 Å². The average Bonchev–Trinajstić information content (AvgIpc) is 2.72. The molecule has 0 aliphatic carbocycles. The minimum absolute atomic E-state index is 0.585. The molecule has 0 unspecified atom stereocenters. The molecule has 0 atom stereocenters. The molecule has 0 aliphatic heterocycles. The van der Waals surface area contributed by atoms with Gasteiger partial charge in [-0.25, -0.2) is 19.9 Å². The van der Waals surface area contributed by atoms with Gasteiger partial charge >= 0.3 is 0 Å². The highest BCUT2D eigenvalue weighted by Crippen LogP contribution is 2.11. The van der Waals surface area contributed by atoms with Gasteiger partial charge in [-0.15, -0.1) is 5.10 Å². The molecular formula is C8H11N7S. The molecule has 0 spiro atoms. The van der Waals surface area contributed by atoms with E-state index >= 15 is 0 Å². The van der Waals surface area contributed by atoms with Crippen LogP contribution < -0.4 is 5.32 Å². The Balaban J connectivity index is 1.69. The van der Waals surface area contributed by atoms with Crippen molar-refractivity contribution in [1.82, 2.24) is 30.1 Å². The number of hydrogen-bond donors (Lipinski definition) is 2. The Hall–Kier alpha value is -1.70. The van der Waals surface area contributed by atoms with Gasteiger partial charge in [-0.2, -0.15) is 0 Å². The molecule has 0 amide bonds. The van der Waals surface area contributed by atoms with Gasteiger partial charge in [-0.05, 0) is 6.92 Å². The molecule has 0 bridgehead atoms. The van der Waals surface area contributed by atoms with E-state index in [4.69, 9.17) is 0 Å². The third kappa shape index (κ3) is 3.16. The van der Waals surface area contributed by atoms with Crippen LogP contribution in [0.3, 0.4) is 0 Å². The maximum atomic E-state index is 4.18. The predicted octanol–water partition coefficient (Wildman–Crippen LogP) is 0.502. The molecule has 0 radical (unpaired) electrons. The van der Waals surface area contributed by atoms with E-state index in [9.17, 15) is 0 Å². The van der Waals surface area contributed by atoms with Crippen LogP contribution in [0.15, 0.2) is 17.8 Å². The summed E-state index contributed by atoms with van der Waals surface area (Å²) in [5, 5.41) is 10.6. The topological polar surface area (TPSA) is 92.3 Å². The standard InChI is InChI=1S/C8H11N7S/c1-6-13-8(15-14-6)16-3-2-10-7-11-4-9-5-12-7/h4-5H,2-3H2,1H3,(H,13,14,15)(H,9,10,11,12). The van der Waals surface area contributed by atoms with Crippen LogP contribution in [0.4, 0.5) is 5.95 Å². The Bertz CT molecular complexity index is 429. The zero-order valence-corrected chi connectivity index (χ0v) is 9.53.